The maximum Gasteiger partial charge on any atom is 0.255 e. The minimum Gasteiger partial charge on any atom is -0.496 e. The Balaban J connectivity index is 1.54. The molecule has 7 nitrogen and oxygen atoms in total. The number of imidazole rings is 1. The number of ether oxygens (including phenoxy) is 1. The number of anilines is 1. The molecule has 1 heterocycles. The molecule has 1 aromatic heterocycles. The van der Waals surface area contributed by atoms with E-state index in [-0.39, 0.29) is 24.4 Å². The molecule has 0 unspecified atom stereocenters. The van der Waals surface area contributed by atoms with Gasteiger partial charge in [0, 0.05) is 24.7 Å². The second-order valence-corrected chi connectivity index (χ2v) is 8.50. The molecule has 0 saturated carbocycles. The minimum atomic E-state index is -0.212. The van der Waals surface area contributed by atoms with Crippen LogP contribution in [-0.4, -0.2) is 41.1 Å². The topological polar surface area (TPSA) is 76.5 Å². The van der Waals surface area contributed by atoms with E-state index >= 15 is 0 Å². The van der Waals surface area contributed by atoms with E-state index in [1.165, 1.54) is 0 Å². The number of nitrogens with zero attached hydrogens (tertiary/aromatic N) is 3. The molecule has 1 N–H and O–H groups in total. The summed E-state index contributed by atoms with van der Waals surface area (Å²) in [5, 5.41) is 2.95. The third kappa shape index (κ3) is 5.35. The fourth-order valence-electron chi connectivity index (χ4n) is 4.24. The molecule has 0 radical (unpaired) electrons. The van der Waals surface area contributed by atoms with Gasteiger partial charge < -0.3 is 19.5 Å². The monoisotopic (exact) mass is 470 g/mol. The van der Waals surface area contributed by atoms with Gasteiger partial charge in [-0.3, -0.25) is 9.59 Å². The normalized spacial score (nSPS) is 11.0. The van der Waals surface area contributed by atoms with Crippen molar-refractivity contribution in [3.63, 3.8) is 0 Å². The van der Waals surface area contributed by atoms with Crippen LogP contribution in [0, 0.1) is 0 Å². The largest absolute Gasteiger partial charge is 0.496 e. The summed E-state index contributed by atoms with van der Waals surface area (Å²) in [6.07, 6.45) is 0.482. The summed E-state index contributed by atoms with van der Waals surface area (Å²) in [5.74, 6) is 1.04. The van der Waals surface area contributed by atoms with Crippen LogP contribution in [-0.2, 0) is 17.8 Å². The van der Waals surface area contributed by atoms with Crippen LogP contribution in [0.2, 0.25) is 0 Å². The van der Waals surface area contributed by atoms with E-state index in [0.29, 0.717) is 24.3 Å². The van der Waals surface area contributed by atoms with Crippen LogP contribution in [0.3, 0.4) is 0 Å². The highest BCUT2D eigenvalue weighted by atomic mass is 16.5. The Morgan fingerprint density at radius 1 is 0.971 bits per heavy atom. The van der Waals surface area contributed by atoms with Gasteiger partial charge >= 0.3 is 0 Å². The predicted molar refractivity (Wildman–Crippen MR) is 138 cm³/mol. The number of hydrogen-bond donors (Lipinski definition) is 1. The number of amides is 2. The number of carbonyl (C=O) groups excluding carboxylic acids is 2. The highest BCUT2D eigenvalue weighted by Crippen LogP contribution is 2.21. The van der Waals surface area contributed by atoms with Crippen molar-refractivity contribution in [2.45, 2.75) is 32.9 Å². The third-order valence-corrected chi connectivity index (χ3v) is 5.83. The van der Waals surface area contributed by atoms with Crippen molar-refractivity contribution in [2.75, 3.05) is 18.6 Å². The Morgan fingerprint density at radius 3 is 2.40 bits per heavy atom. The van der Waals surface area contributed by atoms with Crippen molar-refractivity contribution >= 4 is 28.5 Å². The Morgan fingerprint density at radius 2 is 1.66 bits per heavy atom. The molecule has 0 aliphatic heterocycles. The van der Waals surface area contributed by atoms with Crippen LogP contribution in [0.25, 0.3) is 11.0 Å². The highest BCUT2D eigenvalue weighted by molar-refractivity contribution is 5.97. The number of methoxy groups -OCH3 is 1. The average molecular weight is 471 g/mol. The maximum atomic E-state index is 13.5. The maximum absolute atomic E-state index is 13.5. The second kappa shape index (κ2) is 10.9. The van der Waals surface area contributed by atoms with Crippen molar-refractivity contribution in [3.8, 4) is 5.75 Å². The molecule has 0 fully saturated rings. The number of rotatable bonds is 9. The third-order valence-electron chi connectivity index (χ3n) is 5.83. The Hall–Kier alpha value is -4.13. The van der Waals surface area contributed by atoms with Crippen LogP contribution >= 0.6 is 0 Å². The van der Waals surface area contributed by atoms with Crippen molar-refractivity contribution in [3.05, 3.63) is 90.3 Å². The van der Waals surface area contributed by atoms with Gasteiger partial charge in [-0.05, 0) is 50.2 Å². The molecule has 4 aromatic rings. The summed E-state index contributed by atoms with van der Waals surface area (Å²) < 4.78 is 7.24. The first-order valence-corrected chi connectivity index (χ1v) is 11.7. The molecule has 0 bridgehead atoms. The van der Waals surface area contributed by atoms with Crippen LogP contribution in [0.4, 0.5) is 5.69 Å². The van der Waals surface area contributed by atoms with Crippen LogP contribution in [0.15, 0.2) is 78.9 Å². The van der Waals surface area contributed by atoms with Crippen LogP contribution in [0.1, 0.15) is 30.0 Å². The summed E-state index contributed by atoms with van der Waals surface area (Å²) >= 11 is 0. The fourth-order valence-corrected chi connectivity index (χ4v) is 4.24. The van der Waals surface area contributed by atoms with Gasteiger partial charge in [0.05, 0.1) is 23.7 Å². The molecule has 180 valence electrons. The molecule has 2 amide bonds. The number of para-hydroxylation sites is 4. The highest BCUT2D eigenvalue weighted by Gasteiger charge is 2.22. The van der Waals surface area contributed by atoms with Gasteiger partial charge in [0.2, 0.25) is 5.91 Å². The van der Waals surface area contributed by atoms with Crippen molar-refractivity contribution < 1.29 is 14.3 Å². The van der Waals surface area contributed by atoms with E-state index in [9.17, 15) is 9.59 Å². The Labute approximate surface area is 205 Å². The lowest BCUT2D eigenvalue weighted by atomic mass is 10.2. The quantitative estimate of drug-likeness (QED) is 0.392. The van der Waals surface area contributed by atoms with Crippen LogP contribution in [0.5, 0.6) is 5.75 Å². The van der Waals surface area contributed by atoms with E-state index in [1.54, 1.807) is 25.3 Å². The first-order chi connectivity index (χ1) is 17.0. The second-order valence-electron chi connectivity index (χ2n) is 8.50. The lowest BCUT2D eigenvalue weighted by Crippen LogP contribution is -2.39. The lowest BCUT2D eigenvalue weighted by molar-refractivity contribution is -0.119. The van der Waals surface area contributed by atoms with Gasteiger partial charge in [-0.15, -0.1) is 0 Å². The van der Waals surface area contributed by atoms with E-state index in [1.807, 2.05) is 84.0 Å². The predicted octanol–water partition coefficient (Wildman–Crippen LogP) is 4.46. The van der Waals surface area contributed by atoms with Gasteiger partial charge in [0.25, 0.3) is 5.91 Å². The zero-order chi connectivity index (χ0) is 24.8. The van der Waals surface area contributed by atoms with Gasteiger partial charge in [0.1, 0.15) is 18.1 Å². The zero-order valence-electron chi connectivity index (χ0n) is 20.3. The lowest BCUT2D eigenvalue weighted by Gasteiger charge is -2.27. The number of aromatic nitrogens is 2. The Kier molecular flexibility index (Phi) is 7.45. The minimum absolute atomic E-state index is 0.00303. The summed E-state index contributed by atoms with van der Waals surface area (Å²) in [4.78, 5) is 32.7. The number of fused-ring (bicyclic) bond motifs is 1. The molecule has 0 saturated heterocycles. The first-order valence-electron chi connectivity index (χ1n) is 11.7. The van der Waals surface area contributed by atoms with Crippen molar-refractivity contribution in [1.82, 2.24) is 14.9 Å². The first kappa shape index (κ1) is 24.0. The molecule has 3 aromatic carbocycles. The number of hydrogen-bond acceptors (Lipinski definition) is 4. The van der Waals surface area contributed by atoms with Crippen LogP contribution < -0.4 is 15.0 Å². The smallest absolute Gasteiger partial charge is 0.255 e. The molecule has 7 heteroatoms. The Bertz CT molecular complexity index is 1310. The molecular weight excluding hydrogens is 440 g/mol. The summed E-state index contributed by atoms with van der Waals surface area (Å²) in [6.45, 7) is 4.54. The fraction of sp³-hybridized carbons (Fsp3) is 0.250. The van der Waals surface area contributed by atoms with E-state index in [0.717, 1.165) is 22.5 Å². The average Bonchev–Trinajstić information content (AvgIpc) is 3.21. The standard InChI is InChI=1S/C28H30N4O3/c1-20(2)32(21-11-5-4-6-12-21)27(33)19-31-24-15-9-8-14-23(24)30-26(31)17-18-29-28(34)22-13-7-10-16-25(22)35-3/h4-16,20H,17-19H2,1-3H3,(H,29,34). The van der Waals surface area contributed by atoms with E-state index in [4.69, 9.17) is 9.72 Å². The molecule has 35 heavy (non-hydrogen) atoms. The zero-order valence-corrected chi connectivity index (χ0v) is 20.3. The van der Waals surface area contributed by atoms with E-state index < -0.39 is 0 Å². The summed E-state index contributed by atoms with van der Waals surface area (Å²) in [6, 6.07) is 24.6. The van der Waals surface area contributed by atoms with Gasteiger partial charge in [-0.25, -0.2) is 4.98 Å². The molecule has 0 aliphatic carbocycles. The van der Waals surface area contributed by atoms with Crippen molar-refractivity contribution in [1.29, 1.82) is 0 Å². The molecule has 0 spiro atoms. The SMILES string of the molecule is COc1ccccc1C(=O)NCCc1nc2ccccc2n1CC(=O)N(c1ccccc1)C(C)C. The summed E-state index contributed by atoms with van der Waals surface area (Å²) in [7, 11) is 1.54. The number of benzene rings is 3. The van der Waals surface area contributed by atoms with Gasteiger partial charge in [-0.2, -0.15) is 0 Å². The molecular formula is C28H30N4O3. The summed E-state index contributed by atoms with van der Waals surface area (Å²) in [5.41, 5.74) is 3.06. The molecule has 0 aliphatic rings. The molecule has 4 rings (SSSR count). The number of carbonyl (C=O) groups is 2. The van der Waals surface area contributed by atoms with Gasteiger partial charge in [0.15, 0.2) is 0 Å². The van der Waals surface area contributed by atoms with Gasteiger partial charge in [-0.1, -0.05) is 42.5 Å². The van der Waals surface area contributed by atoms with Crippen molar-refractivity contribution in [2.24, 2.45) is 0 Å². The van der Waals surface area contributed by atoms with E-state index in [2.05, 4.69) is 5.32 Å². The number of nitrogens with one attached hydrogen (secondary N) is 1. The molecule has 0 atom stereocenters.